The average Bonchev–Trinajstić information content (AvgIpc) is 2.75. The molecule has 3 rings (SSSR count). The zero-order valence-corrected chi connectivity index (χ0v) is 13.2. The molecule has 3 aromatic rings. The van der Waals surface area contributed by atoms with E-state index in [1.54, 1.807) is 0 Å². The molecule has 0 saturated heterocycles. The maximum Gasteiger partial charge on any atom is 0.142 e. The van der Waals surface area contributed by atoms with E-state index in [9.17, 15) is 0 Å². The van der Waals surface area contributed by atoms with Gasteiger partial charge in [-0.05, 0) is 51.8 Å². The van der Waals surface area contributed by atoms with Gasteiger partial charge in [0.15, 0.2) is 0 Å². The topological polar surface area (TPSA) is 43.8 Å². The predicted molar refractivity (Wildman–Crippen MR) is 86.8 cm³/mol. The Labute approximate surface area is 130 Å². The molecule has 1 aromatic heterocycles. The molecule has 0 radical (unpaired) electrons. The summed E-state index contributed by atoms with van der Waals surface area (Å²) in [4.78, 5) is 4.72. The number of aromatic nitrogens is 2. The predicted octanol–water partition coefficient (Wildman–Crippen LogP) is 4.11. The third-order valence-corrected chi connectivity index (χ3v) is 4.24. The molecule has 2 aromatic carbocycles. The van der Waals surface area contributed by atoms with E-state index in [0.717, 1.165) is 32.5 Å². The van der Waals surface area contributed by atoms with Crippen LogP contribution in [0.25, 0.3) is 22.4 Å². The van der Waals surface area contributed by atoms with E-state index in [-0.39, 0.29) is 0 Å². The number of nitrogens with zero attached hydrogens (tertiary/aromatic N) is 2. The van der Waals surface area contributed by atoms with Crippen LogP contribution in [0.5, 0.6) is 0 Å². The number of aryl methyl sites for hydroxylation is 1. The van der Waals surface area contributed by atoms with Crippen molar-refractivity contribution in [2.45, 2.75) is 6.54 Å². The van der Waals surface area contributed by atoms with Crippen molar-refractivity contribution >= 4 is 38.6 Å². The molecular formula is C15H13BrClN3. The van der Waals surface area contributed by atoms with E-state index in [0.29, 0.717) is 11.6 Å². The summed E-state index contributed by atoms with van der Waals surface area (Å²) in [7, 11) is 2.01. The Hall–Kier alpha value is -1.36. The Kier molecular flexibility index (Phi) is 3.54. The molecule has 0 atom stereocenters. The van der Waals surface area contributed by atoms with Crippen LogP contribution < -0.4 is 5.73 Å². The van der Waals surface area contributed by atoms with Gasteiger partial charge in [0.25, 0.3) is 0 Å². The molecule has 20 heavy (non-hydrogen) atoms. The fraction of sp³-hybridized carbons (Fsp3) is 0.133. The fourth-order valence-electron chi connectivity index (χ4n) is 2.28. The van der Waals surface area contributed by atoms with E-state index in [4.69, 9.17) is 22.3 Å². The van der Waals surface area contributed by atoms with E-state index < -0.39 is 0 Å². The third-order valence-electron chi connectivity index (χ3n) is 3.35. The van der Waals surface area contributed by atoms with Crippen LogP contribution in [0.1, 0.15) is 5.56 Å². The Morgan fingerprint density at radius 3 is 2.75 bits per heavy atom. The lowest BCUT2D eigenvalue weighted by molar-refractivity contribution is 0.958. The van der Waals surface area contributed by atoms with E-state index in [1.807, 2.05) is 37.4 Å². The second-order valence-electron chi connectivity index (χ2n) is 4.65. The second-order valence-corrected chi connectivity index (χ2v) is 5.94. The van der Waals surface area contributed by atoms with Gasteiger partial charge in [-0.25, -0.2) is 4.98 Å². The number of imidazole rings is 1. The van der Waals surface area contributed by atoms with Crippen molar-refractivity contribution in [3.63, 3.8) is 0 Å². The van der Waals surface area contributed by atoms with Crippen molar-refractivity contribution in [2.24, 2.45) is 12.8 Å². The number of hydrogen-bond donors (Lipinski definition) is 1. The Morgan fingerprint density at radius 1 is 1.25 bits per heavy atom. The highest BCUT2D eigenvalue weighted by Crippen LogP contribution is 2.31. The van der Waals surface area contributed by atoms with Gasteiger partial charge in [0.2, 0.25) is 0 Å². The van der Waals surface area contributed by atoms with Gasteiger partial charge in [-0.3, -0.25) is 0 Å². The summed E-state index contributed by atoms with van der Waals surface area (Å²) in [6.07, 6.45) is 0. The summed E-state index contributed by atoms with van der Waals surface area (Å²) in [6.45, 7) is 0.520. The lowest BCUT2D eigenvalue weighted by Gasteiger charge is -2.05. The molecule has 1 heterocycles. The van der Waals surface area contributed by atoms with Gasteiger partial charge >= 0.3 is 0 Å². The summed E-state index contributed by atoms with van der Waals surface area (Å²) < 4.78 is 3.01. The lowest BCUT2D eigenvalue weighted by Crippen LogP contribution is -1.96. The molecule has 102 valence electrons. The van der Waals surface area contributed by atoms with Gasteiger partial charge in [0.05, 0.1) is 11.0 Å². The fourth-order valence-corrected chi connectivity index (χ4v) is 3.14. The maximum atomic E-state index is 5.99. The summed E-state index contributed by atoms with van der Waals surface area (Å²) in [5, 5.41) is 0.699. The number of fused-ring (bicyclic) bond motifs is 1. The van der Waals surface area contributed by atoms with Gasteiger partial charge in [-0.1, -0.05) is 17.7 Å². The van der Waals surface area contributed by atoms with Crippen LogP contribution in [0, 0.1) is 0 Å². The molecule has 0 aliphatic carbocycles. The van der Waals surface area contributed by atoms with Crippen molar-refractivity contribution in [2.75, 3.05) is 0 Å². The first-order valence-corrected chi connectivity index (χ1v) is 7.38. The highest BCUT2D eigenvalue weighted by molar-refractivity contribution is 9.10. The normalized spacial score (nSPS) is 11.2. The van der Waals surface area contributed by atoms with E-state index in [2.05, 4.69) is 26.6 Å². The minimum Gasteiger partial charge on any atom is -0.327 e. The molecule has 0 aliphatic rings. The van der Waals surface area contributed by atoms with Crippen molar-refractivity contribution in [3.8, 4) is 11.4 Å². The quantitative estimate of drug-likeness (QED) is 0.755. The van der Waals surface area contributed by atoms with Gasteiger partial charge in [-0.15, -0.1) is 0 Å². The van der Waals surface area contributed by atoms with Gasteiger partial charge < -0.3 is 10.3 Å². The molecular weight excluding hydrogens is 338 g/mol. The van der Waals surface area contributed by atoms with Crippen LogP contribution in [-0.2, 0) is 13.6 Å². The van der Waals surface area contributed by atoms with Crippen LogP contribution in [0.2, 0.25) is 5.02 Å². The Balaban J connectivity index is 2.23. The molecule has 0 amide bonds. The number of halogens is 2. The zero-order chi connectivity index (χ0) is 14.3. The molecule has 0 spiro atoms. The van der Waals surface area contributed by atoms with Crippen LogP contribution in [0.15, 0.2) is 40.9 Å². The molecule has 0 bridgehead atoms. The molecule has 0 saturated carbocycles. The van der Waals surface area contributed by atoms with Crippen LogP contribution in [-0.4, -0.2) is 9.55 Å². The van der Waals surface area contributed by atoms with Crippen LogP contribution >= 0.6 is 27.5 Å². The van der Waals surface area contributed by atoms with E-state index >= 15 is 0 Å². The number of nitrogens with two attached hydrogens (primary N) is 1. The van der Waals surface area contributed by atoms with E-state index in [1.165, 1.54) is 0 Å². The Morgan fingerprint density at radius 2 is 2.05 bits per heavy atom. The first kappa shape index (κ1) is 13.6. The van der Waals surface area contributed by atoms with Gasteiger partial charge in [-0.2, -0.15) is 0 Å². The van der Waals surface area contributed by atoms with Crippen molar-refractivity contribution in [1.82, 2.24) is 9.55 Å². The average molecular weight is 351 g/mol. The molecule has 5 heteroatoms. The summed E-state index contributed by atoms with van der Waals surface area (Å²) in [6, 6.07) is 11.8. The van der Waals surface area contributed by atoms with Crippen molar-refractivity contribution < 1.29 is 0 Å². The second kappa shape index (κ2) is 5.20. The van der Waals surface area contributed by atoms with Gasteiger partial charge in [0.1, 0.15) is 5.82 Å². The maximum absolute atomic E-state index is 5.99. The molecule has 3 nitrogen and oxygen atoms in total. The number of rotatable bonds is 2. The number of hydrogen-bond acceptors (Lipinski definition) is 2. The molecule has 0 fully saturated rings. The monoisotopic (exact) mass is 349 g/mol. The molecule has 2 N–H and O–H groups in total. The Bertz CT molecular complexity index is 795. The largest absolute Gasteiger partial charge is 0.327 e. The smallest absolute Gasteiger partial charge is 0.142 e. The van der Waals surface area contributed by atoms with Gasteiger partial charge in [0, 0.05) is 28.7 Å². The van der Waals surface area contributed by atoms with Crippen LogP contribution in [0.4, 0.5) is 0 Å². The lowest BCUT2D eigenvalue weighted by atomic mass is 10.2. The highest BCUT2D eigenvalue weighted by Gasteiger charge is 2.13. The molecule has 0 aliphatic heterocycles. The number of benzene rings is 2. The molecule has 0 unspecified atom stereocenters. The summed E-state index contributed by atoms with van der Waals surface area (Å²) >= 11 is 9.54. The van der Waals surface area contributed by atoms with Crippen LogP contribution in [0.3, 0.4) is 0 Å². The first-order valence-electron chi connectivity index (χ1n) is 6.21. The SMILES string of the molecule is Cn1c(-c2ccc(Cl)cc2Br)nc2cc(CN)ccc21. The van der Waals surface area contributed by atoms with Crippen molar-refractivity contribution in [3.05, 3.63) is 51.5 Å². The minimum absolute atomic E-state index is 0.520. The summed E-state index contributed by atoms with van der Waals surface area (Å²) in [5.41, 5.74) is 9.81. The highest BCUT2D eigenvalue weighted by atomic mass is 79.9. The summed E-state index contributed by atoms with van der Waals surface area (Å²) in [5.74, 6) is 0.901. The zero-order valence-electron chi connectivity index (χ0n) is 10.9. The minimum atomic E-state index is 0.520. The van der Waals surface area contributed by atoms with Crippen molar-refractivity contribution in [1.29, 1.82) is 0 Å². The third kappa shape index (κ3) is 2.24. The first-order chi connectivity index (χ1) is 9.60. The standard InChI is InChI=1S/C15H13BrClN3/c1-20-14-5-2-9(8-18)6-13(14)19-15(20)11-4-3-10(17)7-12(11)16/h2-7H,8,18H2,1H3.